The smallest absolute Gasteiger partial charge is 0.243 e. The van der Waals surface area contributed by atoms with Crippen molar-refractivity contribution in [3.8, 4) is 11.5 Å². The van der Waals surface area contributed by atoms with Crippen LogP contribution in [0.1, 0.15) is 25.1 Å². The van der Waals surface area contributed by atoms with Gasteiger partial charge in [-0.25, -0.2) is 12.8 Å². The highest BCUT2D eigenvalue weighted by Crippen LogP contribution is 2.33. The van der Waals surface area contributed by atoms with E-state index >= 15 is 0 Å². The summed E-state index contributed by atoms with van der Waals surface area (Å²) >= 11 is 7.41. The van der Waals surface area contributed by atoms with Gasteiger partial charge in [0.15, 0.2) is 11.0 Å². The Morgan fingerprint density at radius 1 is 1.26 bits per heavy atom. The molecular formula is C19H22ClFN6O2S2. The number of sulfonamides is 1. The first-order valence-electron chi connectivity index (χ1n) is 9.84. The largest absolute Gasteiger partial charge is 0.301 e. The van der Waals surface area contributed by atoms with Crippen LogP contribution in [0, 0.1) is 5.82 Å². The molecule has 0 aliphatic carbocycles. The molecule has 2 aromatic heterocycles. The molecule has 0 bridgehead atoms. The summed E-state index contributed by atoms with van der Waals surface area (Å²) in [6.45, 7) is 5.17. The van der Waals surface area contributed by atoms with E-state index in [2.05, 4.69) is 15.3 Å². The highest BCUT2D eigenvalue weighted by Gasteiger charge is 2.34. The lowest BCUT2D eigenvalue weighted by molar-refractivity contribution is 0.386. The molecule has 0 unspecified atom stereocenters. The lowest BCUT2D eigenvalue weighted by Gasteiger charge is -2.27. The van der Waals surface area contributed by atoms with Crippen LogP contribution in [0.25, 0.3) is 11.5 Å². The summed E-state index contributed by atoms with van der Waals surface area (Å²) in [4.78, 5) is -0.0360. The van der Waals surface area contributed by atoms with E-state index in [1.807, 2.05) is 25.5 Å². The Hall–Kier alpha value is -1.95. The van der Waals surface area contributed by atoms with E-state index in [1.54, 1.807) is 16.4 Å². The molecule has 0 saturated heterocycles. The van der Waals surface area contributed by atoms with Crippen LogP contribution < -0.4 is 0 Å². The topological polar surface area (TPSA) is 85.9 Å². The Balaban J connectivity index is 1.74. The van der Waals surface area contributed by atoms with E-state index in [4.69, 9.17) is 11.6 Å². The minimum absolute atomic E-state index is 0.0360. The maximum absolute atomic E-state index is 13.5. The second-order valence-corrected chi connectivity index (χ2v) is 10.6. The minimum Gasteiger partial charge on any atom is -0.301 e. The van der Waals surface area contributed by atoms with E-state index < -0.39 is 15.8 Å². The molecule has 0 N–H and O–H groups in total. The maximum Gasteiger partial charge on any atom is 0.243 e. The van der Waals surface area contributed by atoms with E-state index in [9.17, 15) is 12.8 Å². The molecule has 0 spiro atoms. The number of hydrogen-bond acceptors (Lipinski definition) is 6. The van der Waals surface area contributed by atoms with Crippen molar-refractivity contribution in [2.45, 2.75) is 43.4 Å². The monoisotopic (exact) mass is 484 g/mol. The van der Waals surface area contributed by atoms with Crippen LogP contribution in [0.2, 0.25) is 5.02 Å². The van der Waals surface area contributed by atoms with Crippen LogP contribution >= 0.6 is 23.4 Å². The van der Waals surface area contributed by atoms with Crippen molar-refractivity contribution in [3.63, 3.8) is 0 Å². The quantitative estimate of drug-likeness (QED) is 0.499. The molecule has 0 saturated carbocycles. The molecule has 0 radical (unpaired) electrons. The van der Waals surface area contributed by atoms with E-state index in [-0.39, 0.29) is 16.5 Å². The number of thioether (sulfide) groups is 1. The molecule has 0 atom stereocenters. The number of benzene rings is 1. The first kappa shape index (κ1) is 22.3. The van der Waals surface area contributed by atoms with Crippen molar-refractivity contribution in [1.82, 2.24) is 28.9 Å². The second kappa shape index (κ2) is 8.53. The molecule has 3 heterocycles. The number of nitrogens with zero attached hydrogens (tertiary/aromatic N) is 6. The summed E-state index contributed by atoms with van der Waals surface area (Å²) in [5.74, 6) is 0.833. The zero-order chi connectivity index (χ0) is 22.3. The lowest BCUT2D eigenvalue weighted by atomic mass is 10.1. The first-order valence-corrected chi connectivity index (χ1v) is 12.6. The van der Waals surface area contributed by atoms with Crippen LogP contribution in [0.4, 0.5) is 4.39 Å². The van der Waals surface area contributed by atoms with Crippen molar-refractivity contribution >= 4 is 33.4 Å². The Morgan fingerprint density at radius 3 is 2.71 bits per heavy atom. The molecule has 1 aromatic carbocycles. The fourth-order valence-corrected chi connectivity index (χ4v) is 6.13. The third-order valence-electron chi connectivity index (χ3n) is 5.25. The van der Waals surface area contributed by atoms with Gasteiger partial charge in [-0.1, -0.05) is 30.3 Å². The zero-order valence-electron chi connectivity index (χ0n) is 17.3. The van der Waals surface area contributed by atoms with Crippen molar-refractivity contribution in [3.05, 3.63) is 40.3 Å². The highest BCUT2D eigenvalue weighted by molar-refractivity contribution is 7.99. The van der Waals surface area contributed by atoms with Gasteiger partial charge in [0.25, 0.3) is 0 Å². The normalized spacial score (nSPS) is 14.7. The standard InChI is InChI=1S/C19H22ClFN6O2S2/c1-4-27-18(22-23-19(27)30-5-2)17-13-11-26(9-8-16(13)25(3)24-17)31(28,29)12-6-7-15(21)14(20)10-12/h6-7,10H,4-5,8-9,11H2,1-3H3. The average molecular weight is 485 g/mol. The Bertz CT molecular complexity index is 1240. The molecule has 166 valence electrons. The predicted molar refractivity (Wildman–Crippen MR) is 117 cm³/mol. The Labute approximate surface area is 189 Å². The fourth-order valence-electron chi connectivity index (χ4n) is 3.72. The van der Waals surface area contributed by atoms with Gasteiger partial charge in [0.2, 0.25) is 10.0 Å². The van der Waals surface area contributed by atoms with Gasteiger partial charge in [-0.15, -0.1) is 10.2 Å². The van der Waals surface area contributed by atoms with Crippen molar-refractivity contribution in [2.24, 2.45) is 7.05 Å². The van der Waals surface area contributed by atoms with Gasteiger partial charge in [0.1, 0.15) is 11.5 Å². The predicted octanol–water partition coefficient (Wildman–Crippen LogP) is 3.35. The Morgan fingerprint density at radius 2 is 2.03 bits per heavy atom. The van der Waals surface area contributed by atoms with Crippen molar-refractivity contribution in [2.75, 3.05) is 12.3 Å². The van der Waals surface area contributed by atoms with E-state index in [0.717, 1.165) is 34.3 Å². The molecule has 4 rings (SSSR count). The molecule has 1 aliphatic rings. The molecule has 1 aliphatic heterocycles. The van der Waals surface area contributed by atoms with Gasteiger partial charge in [-0.05, 0) is 30.9 Å². The third kappa shape index (κ3) is 3.88. The van der Waals surface area contributed by atoms with Gasteiger partial charge >= 0.3 is 0 Å². The second-order valence-electron chi connectivity index (χ2n) is 7.05. The lowest BCUT2D eigenvalue weighted by Crippen LogP contribution is -2.36. The van der Waals surface area contributed by atoms with E-state index in [1.165, 1.54) is 10.4 Å². The third-order valence-corrected chi connectivity index (χ3v) is 8.23. The van der Waals surface area contributed by atoms with Gasteiger partial charge in [-0.2, -0.15) is 9.40 Å². The summed E-state index contributed by atoms with van der Waals surface area (Å²) in [5, 5.41) is 13.9. The minimum atomic E-state index is -3.85. The van der Waals surface area contributed by atoms with Gasteiger partial charge < -0.3 is 4.57 Å². The number of fused-ring (bicyclic) bond motifs is 1. The van der Waals surface area contributed by atoms with E-state index in [0.29, 0.717) is 31.0 Å². The summed E-state index contributed by atoms with van der Waals surface area (Å²) in [5.41, 5.74) is 2.40. The number of hydrogen-bond donors (Lipinski definition) is 0. The molecule has 0 fully saturated rings. The summed E-state index contributed by atoms with van der Waals surface area (Å²) in [6, 6.07) is 3.45. The summed E-state index contributed by atoms with van der Waals surface area (Å²) in [6.07, 6.45) is 0.504. The van der Waals surface area contributed by atoms with Crippen LogP contribution in [0.15, 0.2) is 28.3 Å². The molecule has 3 aromatic rings. The van der Waals surface area contributed by atoms with Crippen molar-refractivity contribution < 1.29 is 12.8 Å². The van der Waals surface area contributed by atoms with Crippen molar-refractivity contribution in [1.29, 1.82) is 0 Å². The molecule has 8 nitrogen and oxygen atoms in total. The molecule has 0 amide bonds. The molecular weight excluding hydrogens is 463 g/mol. The maximum atomic E-state index is 13.5. The van der Waals surface area contributed by atoms with Crippen LogP contribution in [-0.4, -0.2) is 49.6 Å². The van der Waals surface area contributed by atoms with Gasteiger partial charge in [-0.3, -0.25) is 4.68 Å². The van der Waals surface area contributed by atoms with Crippen LogP contribution in [-0.2, 0) is 36.6 Å². The number of aryl methyl sites for hydroxylation is 1. The highest BCUT2D eigenvalue weighted by atomic mass is 35.5. The SMILES string of the molecule is CCSc1nnc(-c2nn(C)c3c2CN(S(=O)(=O)c2ccc(F)c(Cl)c2)CC3)n1CC. The van der Waals surface area contributed by atoms with Gasteiger partial charge in [0.05, 0.1) is 9.92 Å². The zero-order valence-corrected chi connectivity index (χ0v) is 19.7. The van der Waals surface area contributed by atoms with Gasteiger partial charge in [0, 0.05) is 44.4 Å². The number of halogens is 2. The molecule has 31 heavy (non-hydrogen) atoms. The average Bonchev–Trinajstić information content (AvgIpc) is 3.30. The summed E-state index contributed by atoms with van der Waals surface area (Å²) < 4.78 is 45.1. The Kier molecular flexibility index (Phi) is 6.12. The number of aromatic nitrogens is 5. The van der Waals surface area contributed by atoms with Crippen LogP contribution in [0.3, 0.4) is 0 Å². The summed E-state index contributed by atoms with van der Waals surface area (Å²) in [7, 11) is -2.01. The first-order chi connectivity index (χ1) is 14.8. The van der Waals surface area contributed by atoms with Crippen LogP contribution in [0.5, 0.6) is 0 Å². The number of rotatable bonds is 6. The fraction of sp³-hybridized carbons (Fsp3) is 0.421. The molecule has 12 heteroatoms.